The minimum Gasteiger partial charge on any atom is -0.484 e. The molecule has 5 rings (SSSR count). The van der Waals surface area contributed by atoms with Gasteiger partial charge in [0.2, 0.25) is 0 Å². The molecule has 3 saturated carbocycles. The molecule has 0 unspecified atom stereocenters. The maximum Gasteiger partial charge on any atom is 0.258 e. The summed E-state index contributed by atoms with van der Waals surface area (Å²) in [5.41, 5.74) is 0.941. The van der Waals surface area contributed by atoms with Crippen LogP contribution in [0.2, 0.25) is 5.02 Å². The second-order valence-electron chi connectivity index (χ2n) is 9.65. The maximum atomic E-state index is 13.6. The molecule has 2 amide bonds. The molecule has 0 heterocycles. The van der Waals surface area contributed by atoms with Crippen LogP contribution in [0.3, 0.4) is 0 Å². The summed E-state index contributed by atoms with van der Waals surface area (Å²) in [6.45, 7) is 3.57. The second kappa shape index (κ2) is 10.0. The minimum atomic E-state index is -0.804. The summed E-state index contributed by atoms with van der Waals surface area (Å²) in [5.74, 6) is -0.434. The highest BCUT2D eigenvalue weighted by Gasteiger charge is 2.55. The molecule has 1 atom stereocenters. The van der Waals surface area contributed by atoms with Crippen molar-refractivity contribution in [3.63, 3.8) is 0 Å². The van der Waals surface area contributed by atoms with Gasteiger partial charge in [0, 0.05) is 11.6 Å². The van der Waals surface area contributed by atoms with E-state index in [0.29, 0.717) is 37.9 Å². The average Bonchev–Trinajstić information content (AvgIpc) is 2.82. The smallest absolute Gasteiger partial charge is 0.258 e. The van der Waals surface area contributed by atoms with E-state index in [2.05, 4.69) is 10.6 Å². The van der Waals surface area contributed by atoms with Crippen LogP contribution < -0.4 is 20.1 Å². The van der Waals surface area contributed by atoms with Crippen molar-refractivity contribution in [3.8, 4) is 11.5 Å². The summed E-state index contributed by atoms with van der Waals surface area (Å²) in [6.07, 6.45) is 1.82. The molecule has 3 aliphatic rings. The van der Waals surface area contributed by atoms with Gasteiger partial charge in [-0.25, -0.2) is 4.39 Å². The van der Waals surface area contributed by atoms with E-state index in [1.165, 1.54) is 12.1 Å². The number of fused-ring (bicyclic) bond motifs is 3. The Hall–Kier alpha value is -2.84. The fourth-order valence-electron chi connectivity index (χ4n) is 4.98. The van der Waals surface area contributed by atoms with E-state index in [-0.39, 0.29) is 35.8 Å². The molecular weight excluding hydrogens is 475 g/mol. The lowest BCUT2D eigenvalue weighted by Gasteiger charge is -2.56. The van der Waals surface area contributed by atoms with Crippen molar-refractivity contribution in [1.29, 1.82) is 0 Å². The lowest BCUT2D eigenvalue weighted by atomic mass is 9.60. The van der Waals surface area contributed by atoms with Crippen LogP contribution in [0.4, 0.5) is 4.39 Å². The largest absolute Gasteiger partial charge is 0.484 e. The zero-order valence-electron chi connectivity index (χ0n) is 19.8. The number of hydrogen-bond donors (Lipinski definition) is 3. The molecule has 35 heavy (non-hydrogen) atoms. The standard InChI is InChI=1S/C26H30ClFN2O5/c1-16-3-4-18(11-17(16)2)34-15-24(33)30-26-9-7-25(8-10-26,13-22(26)31)29-23(32)14-35-19-5-6-20(27)21(28)12-19/h3-6,11-12,22,31H,7-10,13-15H2,1-2H3,(H,29,32)(H,30,33)/t22-,25?,26?/m1/s1. The lowest BCUT2D eigenvalue weighted by molar-refractivity contribution is -0.137. The van der Waals surface area contributed by atoms with Gasteiger partial charge in [0.05, 0.1) is 16.7 Å². The molecule has 3 aliphatic carbocycles. The van der Waals surface area contributed by atoms with Gasteiger partial charge in [0.1, 0.15) is 17.3 Å². The molecule has 0 aliphatic heterocycles. The number of aliphatic hydroxyl groups is 1. The Morgan fingerprint density at radius 2 is 1.57 bits per heavy atom. The normalized spacial score (nSPS) is 25.1. The number of benzene rings is 2. The van der Waals surface area contributed by atoms with Gasteiger partial charge in [0.25, 0.3) is 11.8 Å². The van der Waals surface area contributed by atoms with Crippen LogP contribution in [0.1, 0.15) is 43.2 Å². The molecular formula is C26H30ClFN2O5. The number of amides is 2. The van der Waals surface area contributed by atoms with Crippen LogP contribution in [-0.4, -0.2) is 47.3 Å². The highest BCUT2D eigenvalue weighted by atomic mass is 35.5. The third kappa shape index (κ3) is 5.70. The van der Waals surface area contributed by atoms with E-state index >= 15 is 0 Å². The summed E-state index contributed by atoms with van der Waals surface area (Å²) in [6, 6.07) is 9.64. The Kier molecular flexibility index (Phi) is 7.24. The molecule has 0 radical (unpaired) electrons. The predicted molar refractivity (Wildman–Crippen MR) is 129 cm³/mol. The first-order valence-electron chi connectivity index (χ1n) is 11.7. The molecule has 9 heteroatoms. The molecule has 3 N–H and O–H groups in total. The molecule has 3 fully saturated rings. The predicted octanol–water partition coefficient (Wildman–Crippen LogP) is 3.60. The van der Waals surface area contributed by atoms with Crippen LogP contribution in [-0.2, 0) is 9.59 Å². The van der Waals surface area contributed by atoms with Crippen molar-refractivity contribution in [2.75, 3.05) is 13.2 Å². The van der Waals surface area contributed by atoms with E-state index < -0.39 is 23.0 Å². The van der Waals surface area contributed by atoms with E-state index in [9.17, 15) is 19.1 Å². The van der Waals surface area contributed by atoms with Gasteiger partial charge in [0.15, 0.2) is 13.2 Å². The van der Waals surface area contributed by atoms with Gasteiger partial charge < -0.3 is 25.2 Å². The molecule has 0 saturated heterocycles. The van der Waals surface area contributed by atoms with Crippen molar-refractivity contribution in [1.82, 2.24) is 10.6 Å². The third-order valence-electron chi connectivity index (χ3n) is 7.22. The van der Waals surface area contributed by atoms with Crippen molar-refractivity contribution in [2.24, 2.45) is 0 Å². The van der Waals surface area contributed by atoms with Gasteiger partial charge in [-0.15, -0.1) is 0 Å². The fraction of sp³-hybridized carbons (Fsp3) is 0.462. The third-order valence-corrected chi connectivity index (χ3v) is 7.53. The van der Waals surface area contributed by atoms with Gasteiger partial charge >= 0.3 is 0 Å². The highest BCUT2D eigenvalue weighted by Crippen LogP contribution is 2.47. The maximum absolute atomic E-state index is 13.6. The molecule has 0 aromatic heterocycles. The Bertz CT molecular complexity index is 1120. The van der Waals surface area contributed by atoms with E-state index in [1.54, 1.807) is 0 Å². The van der Waals surface area contributed by atoms with Gasteiger partial charge in [-0.2, -0.15) is 0 Å². The van der Waals surface area contributed by atoms with Crippen LogP contribution in [0, 0.1) is 19.7 Å². The van der Waals surface area contributed by atoms with E-state index in [0.717, 1.165) is 17.2 Å². The molecule has 2 aromatic rings. The number of hydrogen-bond acceptors (Lipinski definition) is 5. The number of aliphatic hydroxyl groups excluding tert-OH is 1. The van der Waals surface area contributed by atoms with Crippen molar-refractivity contribution in [3.05, 3.63) is 58.4 Å². The Balaban J connectivity index is 1.28. The summed E-state index contributed by atoms with van der Waals surface area (Å²) in [4.78, 5) is 25.1. The summed E-state index contributed by atoms with van der Waals surface area (Å²) >= 11 is 5.66. The number of halogens is 2. The number of ether oxygens (including phenoxy) is 2. The SMILES string of the molecule is Cc1ccc(OCC(=O)NC23CCC(NC(=O)COc4ccc(Cl)c(F)c4)(CC2)C[C@H]3O)cc1C. The minimum absolute atomic E-state index is 0.0218. The average molecular weight is 505 g/mol. The van der Waals surface area contributed by atoms with Crippen LogP contribution in [0.15, 0.2) is 36.4 Å². The molecule has 188 valence electrons. The van der Waals surface area contributed by atoms with Crippen LogP contribution >= 0.6 is 11.6 Å². The zero-order chi connectivity index (χ0) is 25.2. The topological polar surface area (TPSA) is 96.9 Å². The zero-order valence-corrected chi connectivity index (χ0v) is 20.6. The first-order chi connectivity index (χ1) is 16.6. The summed E-state index contributed by atoms with van der Waals surface area (Å²) < 4.78 is 24.6. The van der Waals surface area contributed by atoms with E-state index in [1.807, 2.05) is 32.0 Å². The van der Waals surface area contributed by atoms with Gasteiger partial charge in [-0.3, -0.25) is 9.59 Å². The Morgan fingerprint density at radius 1 is 0.971 bits per heavy atom. The number of rotatable bonds is 8. The number of carbonyl (C=O) groups excluding carboxylic acids is 2. The summed E-state index contributed by atoms with van der Waals surface area (Å²) in [5, 5.41) is 16.9. The quantitative estimate of drug-likeness (QED) is 0.510. The van der Waals surface area contributed by atoms with Gasteiger partial charge in [-0.05, 0) is 81.3 Å². The monoisotopic (exact) mass is 504 g/mol. The number of aryl methyl sites for hydroxylation is 2. The first-order valence-corrected chi connectivity index (χ1v) is 12.1. The van der Waals surface area contributed by atoms with Gasteiger partial charge in [-0.1, -0.05) is 17.7 Å². The number of carbonyl (C=O) groups is 2. The van der Waals surface area contributed by atoms with Crippen molar-refractivity contribution in [2.45, 2.75) is 63.1 Å². The highest BCUT2D eigenvalue weighted by molar-refractivity contribution is 6.30. The molecule has 2 bridgehead atoms. The molecule has 2 aromatic carbocycles. The van der Waals surface area contributed by atoms with Crippen molar-refractivity contribution < 1.29 is 28.6 Å². The number of nitrogens with one attached hydrogen (secondary N) is 2. The Labute approximate surface area is 208 Å². The van der Waals surface area contributed by atoms with Crippen LogP contribution in [0.5, 0.6) is 11.5 Å². The second-order valence-corrected chi connectivity index (χ2v) is 10.1. The van der Waals surface area contributed by atoms with E-state index in [4.69, 9.17) is 21.1 Å². The van der Waals surface area contributed by atoms with Crippen LogP contribution in [0.25, 0.3) is 0 Å². The molecule has 7 nitrogen and oxygen atoms in total. The van der Waals surface area contributed by atoms with Crippen molar-refractivity contribution >= 4 is 23.4 Å². The Morgan fingerprint density at radius 3 is 2.17 bits per heavy atom. The first kappa shape index (κ1) is 25.3. The fourth-order valence-corrected chi connectivity index (χ4v) is 5.09. The summed E-state index contributed by atoms with van der Waals surface area (Å²) in [7, 11) is 0. The lowest BCUT2D eigenvalue weighted by Crippen LogP contribution is -2.70. The molecule has 0 spiro atoms.